The summed E-state index contributed by atoms with van der Waals surface area (Å²) in [6, 6.07) is 7.72. The lowest BCUT2D eigenvalue weighted by atomic mass is 9.77. The molecule has 3 rings (SSSR count). The standard InChI is InChI=1S/C17H21N3O3/c1-3-15-19-14(20-23-15)8-10-18-16(21)17(2)9-11-22-13-7-5-4-6-12(13)17/h4-7H,3,8-11H2,1-2H3,(H,18,21). The number of para-hydroxylation sites is 1. The zero-order valence-electron chi connectivity index (χ0n) is 13.5. The first-order chi connectivity index (χ1) is 11.1. The van der Waals surface area contributed by atoms with Gasteiger partial charge in [-0.1, -0.05) is 30.3 Å². The first-order valence-electron chi connectivity index (χ1n) is 7.95. The van der Waals surface area contributed by atoms with Gasteiger partial charge in [-0.15, -0.1) is 0 Å². The molecule has 6 heteroatoms. The van der Waals surface area contributed by atoms with Gasteiger partial charge in [-0.25, -0.2) is 0 Å². The van der Waals surface area contributed by atoms with E-state index in [0.29, 0.717) is 44.1 Å². The molecule has 0 aliphatic carbocycles. The molecule has 2 heterocycles. The van der Waals surface area contributed by atoms with Gasteiger partial charge in [0.2, 0.25) is 11.8 Å². The van der Waals surface area contributed by atoms with Crippen molar-refractivity contribution in [3.63, 3.8) is 0 Å². The predicted molar refractivity (Wildman–Crippen MR) is 84.3 cm³/mol. The number of nitrogens with one attached hydrogen (secondary N) is 1. The zero-order chi connectivity index (χ0) is 16.3. The molecular weight excluding hydrogens is 294 g/mol. The average molecular weight is 315 g/mol. The maximum Gasteiger partial charge on any atom is 0.230 e. The van der Waals surface area contributed by atoms with E-state index in [4.69, 9.17) is 9.26 Å². The van der Waals surface area contributed by atoms with Crippen LogP contribution in [0.1, 0.15) is 37.5 Å². The van der Waals surface area contributed by atoms with Crippen LogP contribution in [0.15, 0.2) is 28.8 Å². The summed E-state index contributed by atoms with van der Waals surface area (Å²) in [5, 5.41) is 6.89. The number of amides is 1. The Bertz CT molecular complexity index is 698. The molecule has 2 aromatic rings. The topological polar surface area (TPSA) is 77.2 Å². The zero-order valence-corrected chi connectivity index (χ0v) is 13.5. The quantitative estimate of drug-likeness (QED) is 0.913. The smallest absolute Gasteiger partial charge is 0.230 e. The molecule has 0 spiro atoms. The molecule has 0 saturated heterocycles. The maximum atomic E-state index is 12.7. The highest BCUT2D eigenvalue weighted by Crippen LogP contribution is 2.38. The van der Waals surface area contributed by atoms with Crippen molar-refractivity contribution in [1.29, 1.82) is 0 Å². The third-order valence-electron chi connectivity index (χ3n) is 4.29. The largest absolute Gasteiger partial charge is 0.493 e. The van der Waals surface area contributed by atoms with Crippen molar-refractivity contribution in [3.8, 4) is 5.75 Å². The Morgan fingerprint density at radius 3 is 3.00 bits per heavy atom. The van der Waals surface area contributed by atoms with Gasteiger partial charge in [-0.05, 0) is 19.4 Å². The van der Waals surface area contributed by atoms with Gasteiger partial charge in [0.1, 0.15) is 5.75 Å². The first-order valence-corrected chi connectivity index (χ1v) is 7.95. The minimum atomic E-state index is -0.569. The van der Waals surface area contributed by atoms with Crippen molar-refractivity contribution in [2.45, 2.75) is 38.5 Å². The molecule has 6 nitrogen and oxygen atoms in total. The number of carbonyl (C=O) groups excluding carboxylic acids is 1. The van der Waals surface area contributed by atoms with Crippen LogP contribution in [-0.4, -0.2) is 29.2 Å². The van der Waals surface area contributed by atoms with E-state index in [1.54, 1.807) is 0 Å². The van der Waals surface area contributed by atoms with Crippen LogP contribution in [-0.2, 0) is 23.1 Å². The van der Waals surface area contributed by atoms with Crippen LogP contribution in [0.25, 0.3) is 0 Å². The second-order valence-electron chi connectivity index (χ2n) is 5.89. The third-order valence-corrected chi connectivity index (χ3v) is 4.29. The number of aromatic nitrogens is 2. The number of benzene rings is 1. The molecule has 23 heavy (non-hydrogen) atoms. The lowest BCUT2D eigenvalue weighted by Crippen LogP contribution is -2.45. The van der Waals surface area contributed by atoms with Crippen LogP contribution in [0.3, 0.4) is 0 Å². The van der Waals surface area contributed by atoms with Gasteiger partial charge in [0.15, 0.2) is 5.82 Å². The number of ether oxygens (including phenoxy) is 1. The van der Waals surface area contributed by atoms with E-state index >= 15 is 0 Å². The fraction of sp³-hybridized carbons (Fsp3) is 0.471. The summed E-state index contributed by atoms with van der Waals surface area (Å²) in [7, 11) is 0. The minimum Gasteiger partial charge on any atom is -0.493 e. The summed E-state index contributed by atoms with van der Waals surface area (Å²) in [6.45, 7) is 4.96. The van der Waals surface area contributed by atoms with E-state index < -0.39 is 5.41 Å². The van der Waals surface area contributed by atoms with Crippen molar-refractivity contribution >= 4 is 5.91 Å². The monoisotopic (exact) mass is 315 g/mol. The molecule has 1 aliphatic heterocycles. The lowest BCUT2D eigenvalue weighted by molar-refractivity contribution is -0.127. The maximum absolute atomic E-state index is 12.7. The highest BCUT2D eigenvalue weighted by atomic mass is 16.5. The van der Waals surface area contributed by atoms with Crippen molar-refractivity contribution < 1.29 is 14.1 Å². The molecule has 1 amide bonds. The van der Waals surface area contributed by atoms with E-state index in [2.05, 4.69) is 15.5 Å². The fourth-order valence-electron chi connectivity index (χ4n) is 2.80. The van der Waals surface area contributed by atoms with Crippen LogP contribution in [0, 0.1) is 0 Å². The summed E-state index contributed by atoms with van der Waals surface area (Å²) in [5.41, 5.74) is 0.373. The highest BCUT2D eigenvalue weighted by Gasteiger charge is 2.39. The van der Waals surface area contributed by atoms with Crippen LogP contribution in [0.4, 0.5) is 0 Å². The van der Waals surface area contributed by atoms with E-state index in [1.807, 2.05) is 38.1 Å². The summed E-state index contributed by atoms with van der Waals surface area (Å²) in [5.74, 6) is 2.05. The third kappa shape index (κ3) is 3.06. The second kappa shape index (κ2) is 6.40. The Hall–Kier alpha value is -2.37. The summed E-state index contributed by atoms with van der Waals surface area (Å²) < 4.78 is 10.7. The molecular formula is C17H21N3O3. The molecule has 1 aromatic heterocycles. The van der Waals surface area contributed by atoms with Gasteiger partial charge in [-0.2, -0.15) is 4.98 Å². The van der Waals surface area contributed by atoms with Gasteiger partial charge >= 0.3 is 0 Å². The van der Waals surface area contributed by atoms with E-state index in [1.165, 1.54) is 0 Å². The van der Waals surface area contributed by atoms with Crippen molar-refractivity contribution in [2.75, 3.05) is 13.2 Å². The van der Waals surface area contributed by atoms with Crippen LogP contribution in [0.2, 0.25) is 0 Å². The van der Waals surface area contributed by atoms with Crippen molar-refractivity contribution in [2.24, 2.45) is 0 Å². The average Bonchev–Trinajstić information content (AvgIpc) is 3.03. The molecule has 1 aliphatic rings. The Kier molecular flexibility index (Phi) is 4.32. The number of fused-ring (bicyclic) bond motifs is 1. The Balaban J connectivity index is 1.64. The summed E-state index contributed by atoms with van der Waals surface area (Å²) in [4.78, 5) is 16.9. The Morgan fingerprint density at radius 2 is 2.22 bits per heavy atom. The number of hydrogen-bond donors (Lipinski definition) is 1. The van der Waals surface area contributed by atoms with Crippen LogP contribution in [0.5, 0.6) is 5.75 Å². The Morgan fingerprint density at radius 1 is 1.39 bits per heavy atom. The lowest BCUT2D eigenvalue weighted by Gasteiger charge is -2.34. The molecule has 1 N–H and O–H groups in total. The van der Waals surface area contributed by atoms with Gasteiger partial charge in [-0.3, -0.25) is 4.79 Å². The number of aryl methyl sites for hydroxylation is 1. The predicted octanol–water partition coefficient (Wildman–Crippen LogP) is 2.03. The molecule has 0 bridgehead atoms. The molecule has 1 unspecified atom stereocenters. The molecule has 122 valence electrons. The molecule has 0 radical (unpaired) electrons. The SMILES string of the molecule is CCc1nc(CCNC(=O)C2(C)CCOc3ccccc32)no1. The number of carbonyl (C=O) groups is 1. The molecule has 0 fully saturated rings. The molecule has 0 saturated carbocycles. The van der Waals surface area contributed by atoms with E-state index in [-0.39, 0.29) is 5.91 Å². The number of rotatable bonds is 5. The molecule has 1 aromatic carbocycles. The van der Waals surface area contributed by atoms with E-state index in [9.17, 15) is 4.79 Å². The van der Waals surface area contributed by atoms with Gasteiger partial charge in [0.25, 0.3) is 0 Å². The highest BCUT2D eigenvalue weighted by molar-refractivity contribution is 5.88. The number of nitrogens with zero attached hydrogens (tertiary/aromatic N) is 2. The van der Waals surface area contributed by atoms with E-state index in [0.717, 1.165) is 11.3 Å². The number of hydrogen-bond acceptors (Lipinski definition) is 5. The van der Waals surface area contributed by atoms with Crippen molar-refractivity contribution in [1.82, 2.24) is 15.5 Å². The van der Waals surface area contributed by atoms with Gasteiger partial charge < -0.3 is 14.6 Å². The van der Waals surface area contributed by atoms with Gasteiger partial charge in [0.05, 0.1) is 12.0 Å². The van der Waals surface area contributed by atoms with Crippen LogP contribution >= 0.6 is 0 Å². The summed E-state index contributed by atoms with van der Waals surface area (Å²) in [6.07, 6.45) is 1.94. The minimum absolute atomic E-state index is 0.00691. The first kappa shape index (κ1) is 15.5. The molecule has 1 atom stereocenters. The second-order valence-corrected chi connectivity index (χ2v) is 5.89. The van der Waals surface area contributed by atoms with Gasteiger partial charge in [0, 0.05) is 24.9 Å². The summed E-state index contributed by atoms with van der Waals surface area (Å²) >= 11 is 0. The van der Waals surface area contributed by atoms with Crippen molar-refractivity contribution in [3.05, 3.63) is 41.5 Å². The van der Waals surface area contributed by atoms with Crippen LogP contribution < -0.4 is 10.1 Å². The fourth-order valence-corrected chi connectivity index (χ4v) is 2.80. The normalized spacial score (nSPS) is 19.7. The Labute approximate surface area is 135 Å².